The van der Waals surface area contributed by atoms with Gasteiger partial charge in [-0.2, -0.15) is 0 Å². The molecule has 4 nitrogen and oxygen atoms in total. The standard InChI is InChI=1S/C14H15NO3/c16-13-9-3-1-2-4-10-14(17)18-12-8-6-5-7-11(12)15-13/h1-2,5-8H,3-4,9-10H2,(H,15,16)/b2-1+. The van der Waals surface area contributed by atoms with E-state index in [1.807, 2.05) is 12.2 Å². The number of anilines is 1. The first-order valence-corrected chi connectivity index (χ1v) is 6.00. The van der Waals surface area contributed by atoms with Crippen molar-refractivity contribution >= 4 is 17.6 Å². The summed E-state index contributed by atoms with van der Waals surface area (Å²) in [6, 6.07) is 6.96. The summed E-state index contributed by atoms with van der Waals surface area (Å²) in [4.78, 5) is 23.2. The number of hydrogen-bond acceptors (Lipinski definition) is 3. The smallest absolute Gasteiger partial charge is 0.311 e. The van der Waals surface area contributed by atoms with Crippen molar-refractivity contribution in [3.8, 4) is 5.75 Å². The van der Waals surface area contributed by atoms with Crippen LogP contribution >= 0.6 is 0 Å². The molecule has 4 heteroatoms. The van der Waals surface area contributed by atoms with Crippen LogP contribution in [0, 0.1) is 0 Å². The Hall–Kier alpha value is -2.10. The number of allylic oxidation sites excluding steroid dienone is 2. The van der Waals surface area contributed by atoms with E-state index in [1.165, 1.54) is 0 Å². The van der Waals surface area contributed by atoms with Crippen molar-refractivity contribution in [3.63, 3.8) is 0 Å². The van der Waals surface area contributed by atoms with Crippen LogP contribution in [-0.4, -0.2) is 11.9 Å². The van der Waals surface area contributed by atoms with Crippen LogP contribution in [0.5, 0.6) is 5.75 Å². The van der Waals surface area contributed by atoms with Crippen molar-refractivity contribution < 1.29 is 14.3 Å². The number of nitrogens with one attached hydrogen (secondary N) is 1. The summed E-state index contributed by atoms with van der Waals surface area (Å²) < 4.78 is 5.23. The van der Waals surface area contributed by atoms with E-state index in [1.54, 1.807) is 24.3 Å². The Bertz CT molecular complexity index is 437. The predicted molar refractivity (Wildman–Crippen MR) is 68.3 cm³/mol. The second-order valence-electron chi connectivity index (χ2n) is 4.07. The number of esters is 1. The van der Waals surface area contributed by atoms with Gasteiger partial charge in [-0.3, -0.25) is 9.59 Å². The fraction of sp³-hybridized carbons (Fsp3) is 0.286. The monoisotopic (exact) mass is 245 g/mol. The third kappa shape index (κ3) is 3.45. The molecule has 2 rings (SSSR count). The molecular formula is C14H15NO3. The van der Waals surface area contributed by atoms with Crippen molar-refractivity contribution in [1.29, 1.82) is 0 Å². The minimum Gasteiger partial charge on any atom is -0.424 e. The second-order valence-corrected chi connectivity index (χ2v) is 4.07. The zero-order valence-corrected chi connectivity index (χ0v) is 10.0. The molecule has 1 aromatic rings. The summed E-state index contributed by atoms with van der Waals surface area (Å²) in [7, 11) is 0. The summed E-state index contributed by atoms with van der Waals surface area (Å²) in [5.41, 5.74) is 0.542. The molecule has 0 radical (unpaired) electrons. The molecule has 0 saturated heterocycles. The Morgan fingerprint density at radius 1 is 1.00 bits per heavy atom. The number of carbonyl (C=O) groups excluding carboxylic acids is 2. The number of ether oxygens (including phenoxy) is 1. The van der Waals surface area contributed by atoms with Crippen molar-refractivity contribution in [2.24, 2.45) is 0 Å². The van der Waals surface area contributed by atoms with Crippen molar-refractivity contribution in [2.75, 3.05) is 5.32 Å². The van der Waals surface area contributed by atoms with E-state index >= 15 is 0 Å². The van der Waals surface area contributed by atoms with Crippen molar-refractivity contribution in [3.05, 3.63) is 36.4 Å². The van der Waals surface area contributed by atoms with Gasteiger partial charge in [-0.05, 0) is 25.0 Å². The highest BCUT2D eigenvalue weighted by Gasteiger charge is 2.11. The summed E-state index contributed by atoms with van der Waals surface area (Å²) in [6.07, 6.45) is 5.92. The fourth-order valence-electron chi connectivity index (χ4n) is 1.70. The molecule has 0 unspecified atom stereocenters. The van der Waals surface area contributed by atoms with Gasteiger partial charge in [-0.1, -0.05) is 24.3 Å². The second kappa shape index (κ2) is 6.00. The maximum Gasteiger partial charge on any atom is 0.311 e. The Morgan fingerprint density at radius 2 is 1.72 bits per heavy atom. The molecule has 0 aliphatic carbocycles. The zero-order valence-electron chi connectivity index (χ0n) is 10.0. The Balaban J connectivity index is 2.21. The highest BCUT2D eigenvalue weighted by molar-refractivity contribution is 5.92. The first-order chi connectivity index (χ1) is 8.75. The number of hydrogen-bond donors (Lipinski definition) is 1. The molecule has 18 heavy (non-hydrogen) atoms. The van der Waals surface area contributed by atoms with Gasteiger partial charge in [-0.15, -0.1) is 0 Å². The normalized spacial score (nSPS) is 18.7. The summed E-state index contributed by atoms with van der Waals surface area (Å²) in [5, 5.41) is 2.75. The van der Waals surface area contributed by atoms with Gasteiger partial charge in [0.25, 0.3) is 0 Å². The molecule has 1 aliphatic rings. The van der Waals surface area contributed by atoms with Crippen molar-refractivity contribution in [1.82, 2.24) is 0 Å². The number of rotatable bonds is 0. The number of carbonyl (C=O) groups is 2. The fourth-order valence-corrected chi connectivity index (χ4v) is 1.70. The van der Waals surface area contributed by atoms with E-state index in [9.17, 15) is 9.59 Å². The van der Waals surface area contributed by atoms with E-state index in [-0.39, 0.29) is 11.9 Å². The molecule has 1 N–H and O–H groups in total. The van der Waals surface area contributed by atoms with Crippen LogP contribution < -0.4 is 10.1 Å². The highest BCUT2D eigenvalue weighted by Crippen LogP contribution is 2.24. The lowest BCUT2D eigenvalue weighted by Crippen LogP contribution is -2.14. The van der Waals surface area contributed by atoms with Crippen LogP contribution in [0.3, 0.4) is 0 Å². The van der Waals surface area contributed by atoms with Crippen LogP contribution in [0.25, 0.3) is 0 Å². The lowest BCUT2D eigenvalue weighted by Gasteiger charge is -2.11. The maximum absolute atomic E-state index is 11.7. The molecule has 0 bridgehead atoms. The molecule has 94 valence electrons. The van der Waals surface area contributed by atoms with Crippen LogP contribution in [-0.2, 0) is 9.59 Å². The Kier molecular flexibility index (Phi) is 4.12. The van der Waals surface area contributed by atoms with Gasteiger partial charge in [0.15, 0.2) is 5.75 Å². The molecule has 0 saturated carbocycles. The Morgan fingerprint density at radius 3 is 2.56 bits per heavy atom. The van der Waals surface area contributed by atoms with Gasteiger partial charge >= 0.3 is 5.97 Å². The van der Waals surface area contributed by atoms with Gasteiger partial charge in [0.2, 0.25) is 5.91 Å². The first-order valence-electron chi connectivity index (χ1n) is 6.00. The molecule has 1 heterocycles. The molecule has 1 amide bonds. The van der Waals surface area contributed by atoms with Gasteiger partial charge in [0.05, 0.1) is 5.69 Å². The topological polar surface area (TPSA) is 55.4 Å². The quantitative estimate of drug-likeness (QED) is 0.434. The Labute approximate surface area is 106 Å². The zero-order chi connectivity index (χ0) is 12.8. The average molecular weight is 245 g/mol. The third-order valence-corrected chi connectivity index (χ3v) is 2.60. The van der Waals surface area contributed by atoms with Crippen LogP contribution in [0.2, 0.25) is 0 Å². The van der Waals surface area contributed by atoms with Crippen LogP contribution in [0.1, 0.15) is 25.7 Å². The summed E-state index contributed by atoms with van der Waals surface area (Å²) >= 11 is 0. The highest BCUT2D eigenvalue weighted by atomic mass is 16.5. The van der Waals surface area contributed by atoms with E-state index in [0.717, 1.165) is 0 Å². The minimum absolute atomic E-state index is 0.0799. The van der Waals surface area contributed by atoms with Crippen LogP contribution in [0.4, 0.5) is 5.69 Å². The van der Waals surface area contributed by atoms with Crippen molar-refractivity contribution in [2.45, 2.75) is 25.7 Å². The number of fused-ring (bicyclic) bond motifs is 1. The molecule has 0 aromatic heterocycles. The minimum atomic E-state index is -0.290. The first kappa shape index (κ1) is 12.4. The molecule has 0 atom stereocenters. The maximum atomic E-state index is 11.7. The molecule has 0 fully saturated rings. The summed E-state index contributed by atoms with van der Waals surface area (Å²) in [6.45, 7) is 0. The lowest BCUT2D eigenvalue weighted by atomic mass is 10.2. The predicted octanol–water partition coefficient (Wildman–Crippen LogP) is 2.66. The summed E-state index contributed by atoms with van der Waals surface area (Å²) in [5.74, 6) is 0.0334. The average Bonchev–Trinajstić information content (AvgIpc) is 2.34. The SMILES string of the molecule is O=C1CC/C=C/CCC(=O)Oc2ccccc2N1. The van der Waals surface area contributed by atoms with E-state index in [2.05, 4.69) is 5.32 Å². The third-order valence-electron chi connectivity index (χ3n) is 2.60. The van der Waals surface area contributed by atoms with Gasteiger partial charge in [0, 0.05) is 12.8 Å². The number of amides is 1. The van der Waals surface area contributed by atoms with Gasteiger partial charge < -0.3 is 10.1 Å². The molecule has 1 aromatic carbocycles. The largest absolute Gasteiger partial charge is 0.424 e. The number of benzene rings is 1. The van der Waals surface area contributed by atoms with E-state index in [4.69, 9.17) is 4.74 Å². The van der Waals surface area contributed by atoms with Crippen LogP contribution in [0.15, 0.2) is 36.4 Å². The number of para-hydroxylation sites is 2. The van der Waals surface area contributed by atoms with Gasteiger partial charge in [-0.25, -0.2) is 0 Å². The lowest BCUT2D eigenvalue weighted by molar-refractivity contribution is -0.134. The van der Waals surface area contributed by atoms with E-state index in [0.29, 0.717) is 37.1 Å². The molecule has 1 aliphatic heterocycles. The van der Waals surface area contributed by atoms with E-state index < -0.39 is 0 Å². The van der Waals surface area contributed by atoms with Gasteiger partial charge in [0.1, 0.15) is 0 Å². The molecular weight excluding hydrogens is 230 g/mol. The molecule has 0 spiro atoms.